The zero-order valence-corrected chi connectivity index (χ0v) is 13.4. The first-order valence-electron chi connectivity index (χ1n) is 7.36. The number of aryl methyl sites for hydroxylation is 1. The van der Waals surface area contributed by atoms with Crippen LogP contribution in [0, 0.1) is 12.7 Å². The number of carbonyl (C=O) groups is 2. The topological polar surface area (TPSA) is 71.1 Å². The highest BCUT2D eigenvalue weighted by molar-refractivity contribution is 7.17. The fraction of sp³-hybridized carbons (Fsp3) is 0.312. The van der Waals surface area contributed by atoms with Crippen molar-refractivity contribution in [3.63, 3.8) is 0 Å². The van der Waals surface area contributed by atoms with E-state index in [1.807, 2.05) is 0 Å². The third kappa shape index (κ3) is 3.39. The van der Waals surface area contributed by atoms with Gasteiger partial charge in [0.25, 0.3) is 5.91 Å². The fourth-order valence-corrected chi connectivity index (χ4v) is 3.43. The molecule has 0 aliphatic carbocycles. The lowest BCUT2D eigenvalue weighted by molar-refractivity contribution is -0.124. The lowest BCUT2D eigenvalue weighted by Gasteiger charge is -2.22. The summed E-state index contributed by atoms with van der Waals surface area (Å²) in [7, 11) is 0. The predicted molar refractivity (Wildman–Crippen MR) is 85.7 cm³/mol. The van der Waals surface area contributed by atoms with Crippen molar-refractivity contribution in [3.05, 3.63) is 40.7 Å². The van der Waals surface area contributed by atoms with Gasteiger partial charge >= 0.3 is 0 Å². The maximum Gasteiger partial charge on any atom is 0.263 e. The molecule has 0 spiro atoms. The van der Waals surface area contributed by atoms with E-state index in [0.29, 0.717) is 28.5 Å². The molecule has 5 nitrogen and oxygen atoms in total. The summed E-state index contributed by atoms with van der Waals surface area (Å²) >= 11 is 1.24. The van der Waals surface area contributed by atoms with Crippen LogP contribution >= 0.6 is 11.3 Å². The van der Waals surface area contributed by atoms with E-state index in [0.717, 1.165) is 12.0 Å². The summed E-state index contributed by atoms with van der Waals surface area (Å²) in [5.41, 5.74) is 1.36. The van der Waals surface area contributed by atoms with Crippen LogP contribution in [0.4, 0.5) is 4.39 Å². The number of piperidine rings is 1. The van der Waals surface area contributed by atoms with Crippen molar-refractivity contribution in [2.24, 2.45) is 0 Å². The summed E-state index contributed by atoms with van der Waals surface area (Å²) in [6, 6.07) is 5.48. The van der Waals surface area contributed by atoms with E-state index < -0.39 is 6.04 Å². The minimum absolute atomic E-state index is 0.148. The molecule has 0 radical (unpaired) electrons. The van der Waals surface area contributed by atoms with E-state index in [2.05, 4.69) is 15.6 Å². The lowest BCUT2D eigenvalue weighted by atomic mass is 10.1. The monoisotopic (exact) mass is 333 g/mol. The normalized spacial score (nSPS) is 17.7. The molecule has 1 aliphatic heterocycles. The van der Waals surface area contributed by atoms with Crippen LogP contribution in [0.1, 0.15) is 28.2 Å². The average molecular weight is 333 g/mol. The number of aromatic nitrogens is 1. The van der Waals surface area contributed by atoms with Crippen LogP contribution in [0.15, 0.2) is 24.3 Å². The zero-order valence-electron chi connectivity index (χ0n) is 12.6. The summed E-state index contributed by atoms with van der Waals surface area (Å²) in [5.74, 6) is -0.760. The van der Waals surface area contributed by atoms with Crippen LogP contribution in [-0.4, -0.2) is 29.4 Å². The van der Waals surface area contributed by atoms with Crippen molar-refractivity contribution in [3.8, 4) is 10.6 Å². The van der Waals surface area contributed by atoms with Gasteiger partial charge in [0.05, 0.1) is 5.69 Å². The number of thiazole rings is 1. The summed E-state index contributed by atoms with van der Waals surface area (Å²) in [5, 5.41) is 6.15. The highest BCUT2D eigenvalue weighted by Crippen LogP contribution is 2.28. The second-order valence-corrected chi connectivity index (χ2v) is 6.40. The van der Waals surface area contributed by atoms with Crippen LogP contribution in [0.3, 0.4) is 0 Å². The van der Waals surface area contributed by atoms with Gasteiger partial charge in [0.1, 0.15) is 21.7 Å². The molecule has 23 heavy (non-hydrogen) atoms. The second kappa shape index (κ2) is 6.45. The number of halogens is 1. The molecule has 1 aliphatic rings. The largest absolute Gasteiger partial charge is 0.354 e. The molecule has 0 bridgehead atoms. The molecule has 2 aromatic rings. The molecule has 0 saturated carbocycles. The van der Waals surface area contributed by atoms with Gasteiger partial charge in [-0.2, -0.15) is 0 Å². The number of benzene rings is 1. The molecule has 2 N–H and O–H groups in total. The number of nitrogens with zero attached hydrogens (tertiary/aromatic N) is 1. The van der Waals surface area contributed by atoms with Crippen molar-refractivity contribution >= 4 is 23.2 Å². The van der Waals surface area contributed by atoms with E-state index >= 15 is 0 Å². The Labute approximate surface area is 136 Å². The van der Waals surface area contributed by atoms with E-state index in [-0.39, 0.29) is 17.6 Å². The number of rotatable bonds is 3. The molecule has 7 heteroatoms. The molecule has 0 unspecified atom stereocenters. The maximum atomic E-state index is 13.0. The minimum atomic E-state index is -0.493. The van der Waals surface area contributed by atoms with Gasteiger partial charge in [0, 0.05) is 12.1 Å². The number of nitrogens with one attached hydrogen (secondary N) is 2. The molecule has 1 fully saturated rings. The molecule has 1 saturated heterocycles. The Morgan fingerprint density at radius 3 is 2.83 bits per heavy atom. The molecular formula is C16H16FN3O2S. The van der Waals surface area contributed by atoms with E-state index in [4.69, 9.17) is 0 Å². The van der Waals surface area contributed by atoms with E-state index in [9.17, 15) is 14.0 Å². The third-order valence-electron chi connectivity index (χ3n) is 3.68. The SMILES string of the molecule is Cc1nc(-c2ccc(F)cc2)sc1C(=O)N[C@H]1CCCNC1=O. The van der Waals surface area contributed by atoms with Gasteiger partial charge in [-0.1, -0.05) is 0 Å². The van der Waals surface area contributed by atoms with Crippen LogP contribution in [0.5, 0.6) is 0 Å². The standard InChI is InChI=1S/C16H16FN3O2S/c1-9-13(15(22)20-12-3-2-8-18-14(12)21)23-16(19-9)10-4-6-11(17)7-5-10/h4-7,12H,2-3,8H2,1H3,(H,18,21)(H,20,22)/t12-/m0/s1. The summed E-state index contributed by atoms with van der Waals surface area (Å²) in [4.78, 5) is 29.0. The van der Waals surface area contributed by atoms with Crippen LogP contribution < -0.4 is 10.6 Å². The molecule has 1 atom stereocenters. The second-order valence-electron chi connectivity index (χ2n) is 5.40. The molecule has 1 aromatic heterocycles. The van der Waals surface area contributed by atoms with E-state index in [1.165, 1.54) is 23.5 Å². The Morgan fingerprint density at radius 1 is 1.39 bits per heavy atom. The summed E-state index contributed by atoms with van der Waals surface area (Å²) in [6.07, 6.45) is 1.49. The molecule has 2 amide bonds. The first kappa shape index (κ1) is 15.6. The number of amides is 2. The Kier molecular flexibility index (Phi) is 4.38. The molecule has 2 heterocycles. The Balaban J connectivity index is 1.78. The first-order valence-corrected chi connectivity index (χ1v) is 8.18. The van der Waals surface area contributed by atoms with Gasteiger partial charge in [-0.3, -0.25) is 9.59 Å². The van der Waals surface area contributed by atoms with Crippen molar-refractivity contribution in [1.82, 2.24) is 15.6 Å². The van der Waals surface area contributed by atoms with Gasteiger partial charge in [-0.05, 0) is 44.0 Å². The van der Waals surface area contributed by atoms with Gasteiger partial charge < -0.3 is 10.6 Å². The van der Waals surface area contributed by atoms with Gasteiger partial charge in [-0.25, -0.2) is 9.37 Å². The minimum Gasteiger partial charge on any atom is -0.354 e. The van der Waals surface area contributed by atoms with Crippen molar-refractivity contribution in [2.45, 2.75) is 25.8 Å². The number of hydrogen-bond donors (Lipinski definition) is 2. The number of hydrogen-bond acceptors (Lipinski definition) is 4. The number of carbonyl (C=O) groups excluding carboxylic acids is 2. The fourth-order valence-electron chi connectivity index (χ4n) is 2.46. The van der Waals surface area contributed by atoms with Gasteiger partial charge in [0.15, 0.2) is 0 Å². The van der Waals surface area contributed by atoms with Crippen molar-refractivity contribution in [1.29, 1.82) is 0 Å². The predicted octanol–water partition coefficient (Wildman–Crippen LogP) is 2.27. The quantitative estimate of drug-likeness (QED) is 0.905. The van der Waals surface area contributed by atoms with Crippen molar-refractivity contribution in [2.75, 3.05) is 6.54 Å². The highest BCUT2D eigenvalue weighted by atomic mass is 32.1. The first-order chi connectivity index (χ1) is 11.0. The lowest BCUT2D eigenvalue weighted by Crippen LogP contribution is -2.50. The van der Waals surface area contributed by atoms with Crippen LogP contribution in [0.2, 0.25) is 0 Å². The third-order valence-corrected chi connectivity index (χ3v) is 4.89. The van der Waals surface area contributed by atoms with Crippen LogP contribution in [0.25, 0.3) is 10.6 Å². The van der Waals surface area contributed by atoms with E-state index in [1.54, 1.807) is 19.1 Å². The summed E-state index contributed by atoms with van der Waals surface area (Å²) in [6.45, 7) is 2.40. The molecule has 120 valence electrons. The molecular weight excluding hydrogens is 317 g/mol. The maximum absolute atomic E-state index is 13.0. The Morgan fingerprint density at radius 2 is 2.13 bits per heavy atom. The van der Waals surface area contributed by atoms with Gasteiger partial charge in [-0.15, -0.1) is 11.3 Å². The average Bonchev–Trinajstić information content (AvgIpc) is 2.92. The summed E-state index contributed by atoms with van der Waals surface area (Å²) < 4.78 is 13.0. The highest BCUT2D eigenvalue weighted by Gasteiger charge is 2.26. The molecule has 1 aromatic carbocycles. The Bertz CT molecular complexity index is 742. The smallest absolute Gasteiger partial charge is 0.263 e. The molecule has 3 rings (SSSR count). The van der Waals surface area contributed by atoms with Gasteiger partial charge in [0.2, 0.25) is 5.91 Å². The Hall–Kier alpha value is -2.28. The zero-order chi connectivity index (χ0) is 16.4. The van der Waals surface area contributed by atoms with Crippen molar-refractivity contribution < 1.29 is 14.0 Å². The van der Waals surface area contributed by atoms with Crippen LogP contribution in [-0.2, 0) is 4.79 Å².